The molecule has 170 valence electrons. The minimum atomic E-state index is -1.02. The first kappa shape index (κ1) is 24.9. The predicted molar refractivity (Wildman–Crippen MR) is 129 cm³/mol. The number of anilines is 2. The standard InChI is InChI=1S/C22H18Cl4N2O4/c23-19(13-7-3-1-4-8-13)21(25)15-11-16(18(28(31)32)12-17(15)27(29)30)22(26)20(24)14-9-5-2-6-10-14/h1-12,19-22,29-30H/q-2/t19-,20-,21+,22+/m1/s1. The van der Waals surface area contributed by atoms with Gasteiger partial charge < -0.3 is 15.6 Å². The van der Waals surface area contributed by atoms with E-state index in [1.807, 2.05) is 12.1 Å². The maximum Gasteiger partial charge on any atom is 0.101 e. The Balaban J connectivity index is 2.10. The molecule has 32 heavy (non-hydrogen) atoms. The fraction of sp³-hybridized carbons (Fsp3) is 0.182. The van der Waals surface area contributed by atoms with Gasteiger partial charge in [-0.05, 0) is 28.8 Å². The Morgan fingerprint density at radius 2 is 1.00 bits per heavy atom. The van der Waals surface area contributed by atoms with Crippen LogP contribution in [0.2, 0.25) is 0 Å². The summed E-state index contributed by atoms with van der Waals surface area (Å²) in [6.45, 7) is 0. The van der Waals surface area contributed by atoms with Crippen LogP contribution < -0.4 is 10.5 Å². The van der Waals surface area contributed by atoms with Gasteiger partial charge in [-0.2, -0.15) is 0 Å². The molecule has 3 aromatic carbocycles. The summed E-state index contributed by atoms with van der Waals surface area (Å²) in [7, 11) is 0. The molecule has 0 aliphatic carbocycles. The van der Waals surface area contributed by atoms with Gasteiger partial charge >= 0.3 is 0 Å². The van der Waals surface area contributed by atoms with Crippen LogP contribution in [-0.4, -0.2) is 10.4 Å². The highest BCUT2D eigenvalue weighted by atomic mass is 35.5. The van der Waals surface area contributed by atoms with Gasteiger partial charge in [0, 0.05) is 11.3 Å². The molecule has 0 radical (unpaired) electrons. The van der Waals surface area contributed by atoms with Crippen LogP contribution in [0, 0.1) is 10.4 Å². The summed E-state index contributed by atoms with van der Waals surface area (Å²) < 4.78 is 0. The number of alkyl halides is 4. The molecule has 0 saturated carbocycles. The molecular formula is C22H18Cl4N2O4-2. The van der Waals surface area contributed by atoms with Gasteiger partial charge in [-0.15, -0.1) is 51.6 Å². The summed E-state index contributed by atoms with van der Waals surface area (Å²) in [4.78, 5) is 0. The molecule has 10 heteroatoms. The third-order valence-corrected chi connectivity index (χ3v) is 7.17. The molecule has 0 fully saturated rings. The van der Waals surface area contributed by atoms with Crippen molar-refractivity contribution in [2.24, 2.45) is 0 Å². The highest BCUT2D eigenvalue weighted by molar-refractivity contribution is 6.31. The molecule has 4 atom stereocenters. The topological polar surface area (TPSA) is 93.1 Å². The van der Waals surface area contributed by atoms with Gasteiger partial charge in [0.1, 0.15) is 5.69 Å². The molecule has 0 aromatic heterocycles. The van der Waals surface area contributed by atoms with Crippen molar-refractivity contribution in [1.29, 1.82) is 0 Å². The quantitative estimate of drug-likeness (QED) is 0.237. The summed E-state index contributed by atoms with van der Waals surface area (Å²) in [6.07, 6.45) is 0. The zero-order valence-electron chi connectivity index (χ0n) is 16.4. The summed E-state index contributed by atoms with van der Waals surface area (Å²) in [5.74, 6) is 0. The lowest BCUT2D eigenvalue weighted by Crippen LogP contribution is -2.18. The number of halogens is 4. The van der Waals surface area contributed by atoms with E-state index < -0.39 is 32.4 Å². The number of hydrogen-bond donors (Lipinski definition) is 2. The lowest BCUT2D eigenvalue weighted by molar-refractivity contribution is 0.0286. The molecule has 0 aliphatic rings. The highest BCUT2D eigenvalue weighted by Gasteiger charge is 2.29. The molecule has 0 saturated heterocycles. The molecule has 0 bridgehead atoms. The number of nitrogens with zero attached hydrogens (tertiary/aromatic N) is 2. The fourth-order valence-corrected chi connectivity index (χ4v) is 4.51. The molecule has 0 aliphatic heterocycles. The van der Waals surface area contributed by atoms with E-state index >= 15 is 0 Å². The molecule has 0 heterocycles. The van der Waals surface area contributed by atoms with Crippen LogP contribution in [-0.2, 0) is 0 Å². The zero-order chi connectivity index (χ0) is 23.4. The number of rotatable bonds is 8. The smallest absolute Gasteiger partial charge is 0.101 e. The van der Waals surface area contributed by atoms with Gasteiger partial charge in [0.2, 0.25) is 0 Å². The van der Waals surface area contributed by atoms with Crippen molar-refractivity contribution in [1.82, 2.24) is 0 Å². The zero-order valence-corrected chi connectivity index (χ0v) is 19.4. The van der Waals surface area contributed by atoms with E-state index in [0.29, 0.717) is 11.1 Å². The Bertz CT molecular complexity index is 946. The molecule has 0 amide bonds. The second-order valence-electron chi connectivity index (χ2n) is 6.94. The minimum Gasteiger partial charge on any atom is -0.769 e. The lowest BCUT2D eigenvalue weighted by atomic mass is 9.95. The van der Waals surface area contributed by atoms with Gasteiger partial charge in [0.15, 0.2) is 0 Å². The SMILES string of the molecule is [O-]N([O-])c1cc(N(O)O)c([C@H](Cl)[C@H](Cl)c2ccccc2)cc1[C@H](Cl)[C@H](Cl)c1ccccc1. The van der Waals surface area contributed by atoms with Crippen molar-refractivity contribution in [2.75, 3.05) is 10.5 Å². The maximum atomic E-state index is 11.8. The van der Waals surface area contributed by atoms with Gasteiger partial charge in [-0.25, -0.2) is 0 Å². The van der Waals surface area contributed by atoms with Crippen molar-refractivity contribution in [3.05, 3.63) is 105 Å². The summed E-state index contributed by atoms with van der Waals surface area (Å²) >= 11 is 26.3. The lowest BCUT2D eigenvalue weighted by Gasteiger charge is -2.41. The van der Waals surface area contributed by atoms with Crippen molar-refractivity contribution in [3.63, 3.8) is 0 Å². The van der Waals surface area contributed by atoms with Crippen LogP contribution in [0.4, 0.5) is 11.4 Å². The van der Waals surface area contributed by atoms with Crippen LogP contribution in [0.3, 0.4) is 0 Å². The van der Waals surface area contributed by atoms with E-state index in [9.17, 15) is 20.8 Å². The van der Waals surface area contributed by atoms with Crippen LogP contribution in [0.5, 0.6) is 0 Å². The van der Waals surface area contributed by atoms with Gasteiger partial charge in [0.25, 0.3) is 0 Å². The molecule has 3 rings (SSSR count). The predicted octanol–water partition coefficient (Wildman–Crippen LogP) is 7.59. The average Bonchev–Trinajstić information content (AvgIpc) is 2.82. The van der Waals surface area contributed by atoms with Crippen LogP contribution in [0.15, 0.2) is 72.8 Å². The van der Waals surface area contributed by atoms with Crippen LogP contribution >= 0.6 is 46.4 Å². The Hall–Kier alpha value is -1.74. The normalized spacial score (nSPS) is 15.0. The summed E-state index contributed by atoms with van der Waals surface area (Å²) in [6, 6.07) is 20.1. The van der Waals surface area contributed by atoms with Crippen molar-refractivity contribution in [2.45, 2.75) is 21.5 Å². The monoisotopic (exact) mass is 514 g/mol. The highest BCUT2D eigenvalue weighted by Crippen LogP contribution is 2.49. The van der Waals surface area contributed by atoms with E-state index in [4.69, 9.17) is 46.4 Å². The van der Waals surface area contributed by atoms with E-state index in [2.05, 4.69) is 0 Å². The third kappa shape index (κ3) is 5.42. The van der Waals surface area contributed by atoms with E-state index in [1.165, 1.54) is 6.07 Å². The molecule has 0 spiro atoms. The Kier molecular flexibility index (Phi) is 8.49. The molecule has 3 aromatic rings. The van der Waals surface area contributed by atoms with Crippen molar-refractivity contribution >= 4 is 57.8 Å². The Labute approximate surface area is 205 Å². The van der Waals surface area contributed by atoms with E-state index in [1.54, 1.807) is 48.5 Å². The van der Waals surface area contributed by atoms with Crippen LogP contribution in [0.1, 0.15) is 43.8 Å². The van der Waals surface area contributed by atoms with Crippen molar-refractivity contribution < 1.29 is 10.4 Å². The molecular weight excluding hydrogens is 498 g/mol. The Morgan fingerprint density at radius 3 is 1.38 bits per heavy atom. The number of hydrogen-bond acceptors (Lipinski definition) is 6. The van der Waals surface area contributed by atoms with Gasteiger partial charge in [-0.1, -0.05) is 60.7 Å². The molecule has 2 N–H and O–H groups in total. The molecule has 6 nitrogen and oxygen atoms in total. The van der Waals surface area contributed by atoms with Gasteiger partial charge in [0.05, 0.1) is 21.5 Å². The second-order valence-corrected chi connectivity index (χ2v) is 8.83. The molecule has 0 unspecified atom stereocenters. The van der Waals surface area contributed by atoms with E-state index in [-0.39, 0.29) is 22.0 Å². The first-order chi connectivity index (χ1) is 15.2. The first-order valence-electron chi connectivity index (χ1n) is 9.38. The minimum absolute atomic E-state index is 0.0729. The fourth-order valence-electron chi connectivity index (χ4n) is 3.31. The largest absolute Gasteiger partial charge is 0.769 e. The first-order valence-corrected chi connectivity index (χ1v) is 11.1. The summed E-state index contributed by atoms with van der Waals surface area (Å²) in [5, 5.41) is 38.5. The van der Waals surface area contributed by atoms with Crippen LogP contribution in [0.25, 0.3) is 0 Å². The van der Waals surface area contributed by atoms with Gasteiger partial charge in [-0.3, -0.25) is 10.4 Å². The summed E-state index contributed by atoms with van der Waals surface area (Å²) in [5.41, 5.74) is 0.837. The number of benzene rings is 3. The second kappa shape index (κ2) is 10.9. The third-order valence-electron chi connectivity index (χ3n) is 4.93. The van der Waals surface area contributed by atoms with E-state index in [0.717, 1.165) is 6.07 Å². The average molecular weight is 516 g/mol. The maximum absolute atomic E-state index is 11.8. The Morgan fingerprint density at radius 1 is 0.594 bits per heavy atom. The van der Waals surface area contributed by atoms with Crippen molar-refractivity contribution in [3.8, 4) is 0 Å².